The molecule has 2 unspecified atom stereocenters. The molecule has 0 radical (unpaired) electrons. The third-order valence-electron chi connectivity index (χ3n) is 4.13. The monoisotopic (exact) mass is 246 g/mol. The highest BCUT2D eigenvalue weighted by molar-refractivity contribution is 5.15. The van der Waals surface area contributed by atoms with Crippen molar-refractivity contribution in [2.75, 3.05) is 33.4 Å². The van der Waals surface area contributed by atoms with Crippen molar-refractivity contribution in [2.45, 2.75) is 25.0 Å². The predicted molar refractivity (Wildman–Crippen MR) is 72.5 cm³/mol. The van der Waals surface area contributed by atoms with Crippen LogP contribution in [0.3, 0.4) is 0 Å². The van der Waals surface area contributed by atoms with Crippen LogP contribution in [0.4, 0.5) is 0 Å². The minimum Gasteiger partial charge on any atom is -0.378 e. The minimum absolute atomic E-state index is 0.552. The number of hydrogen-bond donors (Lipinski definition) is 0. The van der Waals surface area contributed by atoms with Gasteiger partial charge in [-0.25, -0.2) is 0 Å². The lowest BCUT2D eigenvalue weighted by molar-refractivity contribution is -0.0491. The Balaban J connectivity index is 1.77. The van der Waals surface area contributed by atoms with Gasteiger partial charge in [-0.2, -0.15) is 0 Å². The number of rotatable bonds is 2. The number of fused-ring (bicyclic) bond motifs is 2. The second-order valence-electron chi connectivity index (χ2n) is 5.55. The fourth-order valence-corrected chi connectivity index (χ4v) is 3.11. The molecule has 98 valence electrons. The van der Waals surface area contributed by atoms with Gasteiger partial charge in [0.15, 0.2) is 0 Å². The first-order chi connectivity index (χ1) is 8.83. The van der Waals surface area contributed by atoms with Crippen molar-refractivity contribution in [1.29, 1.82) is 0 Å². The Morgan fingerprint density at radius 3 is 2.78 bits per heavy atom. The molecule has 0 N–H and O–H groups in total. The Morgan fingerprint density at radius 2 is 1.94 bits per heavy atom. The van der Waals surface area contributed by atoms with E-state index < -0.39 is 0 Å². The van der Waals surface area contributed by atoms with Gasteiger partial charge in [-0.3, -0.25) is 4.90 Å². The zero-order valence-corrected chi connectivity index (χ0v) is 11.1. The Kier molecular flexibility index (Phi) is 3.64. The minimum atomic E-state index is 0.552. The Labute approximate surface area is 109 Å². The number of benzene rings is 1. The fraction of sp³-hybridized carbons (Fsp3) is 0.600. The van der Waals surface area contributed by atoms with Gasteiger partial charge in [0.1, 0.15) is 0 Å². The standard InChI is InChI=1S/C15H22N2O/c1-16-8-7-14-11-18-12-15(10-16)17(14)9-13-5-3-2-4-6-13/h2-6,14-15H,7-12H2,1H3. The molecule has 0 spiro atoms. The molecule has 3 nitrogen and oxygen atoms in total. The summed E-state index contributed by atoms with van der Waals surface area (Å²) in [5.41, 5.74) is 1.42. The van der Waals surface area contributed by atoms with E-state index in [2.05, 4.69) is 47.2 Å². The summed E-state index contributed by atoms with van der Waals surface area (Å²) in [4.78, 5) is 5.10. The van der Waals surface area contributed by atoms with Gasteiger partial charge in [0.05, 0.1) is 13.2 Å². The third-order valence-corrected chi connectivity index (χ3v) is 4.13. The Hall–Kier alpha value is -0.900. The van der Waals surface area contributed by atoms with Crippen molar-refractivity contribution < 1.29 is 4.74 Å². The van der Waals surface area contributed by atoms with Gasteiger partial charge in [0.2, 0.25) is 0 Å². The molecule has 2 saturated heterocycles. The van der Waals surface area contributed by atoms with E-state index in [0.717, 1.165) is 26.3 Å². The van der Waals surface area contributed by atoms with Gasteiger partial charge in [0.25, 0.3) is 0 Å². The molecule has 0 aromatic heterocycles. The van der Waals surface area contributed by atoms with Crippen molar-refractivity contribution in [3.05, 3.63) is 35.9 Å². The highest BCUT2D eigenvalue weighted by Gasteiger charge is 2.34. The molecule has 2 heterocycles. The summed E-state index contributed by atoms with van der Waals surface area (Å²) in [5.74, 6) is 0. The molecule has 2 atom stereocenters. The first-order valence-corrected chi connectivity index (χ1v) is 6.89. The van der Waals surface area contributed by atoms with Crippen molar-refractivity contribution in [1.82, 2.24) is 9.80 Å². The van der Waals surface area contributed by atoms with E-state index in [1.165, 1.54) is 18.5 Å². The van der Waals surface area contributed by atoms with Crippen molar-refractivity contribution >= 4 is 0 Å². The summed E-state index contributed by atoms with van der Waals surface area (Å²) in [5, 5.41) is 0. The topological polar surface area (TPSA) is 15.7 Å². The van der Waals surface area contributed by atoms with Crippen LogP contribution in [0.2, 0.25) is 0 Å². The van der Waals surface area contributed by atoms with Gasteiger partial charge in [0, 0.05) is 25.2 Å². The van der Waals surface area contributed by atoms with Crippen LogP contribution in [0.1, 0.15) is 12.0 Å². The molecule has 3 heteroatoms. The predicted octanol–water partition coefficient (Wildman–Crippen LogP) is 1.59. The van der Waals surface area contributed by atoms with E-state index in [0.29, 0.717) is 12.1 Å². The fourth-order valence-electron chi connectivity index (χ4n) is 3.11. The molecule has 1 aromatic carbocycles. The average Bonchev–Trinajstić information content (AvgIpc) is 2.48. The molecule has 0 saturated carbocycles. The van der Waals surface area contributed by atoms with E-state index in [9.17, 15) is 0 Å². The van der Waals surface area contributed by atoms with Crippen LogP contribution in [0.25, 0.3) is 0 Å². The number of hydrogen-bond acceptors (Lipinski definition) is 3. The first-order valence-electron chi connectivity index (χ1n) is 6.89. The lowest BCUT2D eigenvalue weighted by Gasteiger charge is -2.40. The summed E-state index contributed by atoms with van der Waals surface area (Å²) in [6.07, 6.45) is 1.22. The van der Waals surface area contributed by atoms with Crippen LogP contribution in [-0.2, 0) is 11.3 Å². The van der Waals surface area contributed by atoms with Crippen molar-refractivity contribution in [3.63, 3.8) is 0 Å². The number of morpholine rings is 1. The van der Waals surface area contributed by atoms with Crippen LogP contribution in [0.5, 0.6) is 0 Å². The molecule has 0 aliphatic carbocycles. The van der Waals surface area contributed by atoms with Gasteiger partial charge in [-0.15, -0.1) is 0 Å². The summed E-state index contributed by atoms with van der Waals surface area (Å²) >= 11 is 0. The molecule has 18 heavy (non-hydrogen) atoms. The SMILES string of the molecule is CN1CCC2COCC(C1)N2Cc1ccccc1. The molecule has 1 aromatic rings. The average molecular weight is 246 g/mol. The van der Waals surface area contributed by atoms with Gasteiger partial charge >= 0.3 is 0 Å². The zero-order valence-electron chi connectivity index (χ0n) is 11.1. The summed E-state index contributed by atoms with van der Waals surface area (Å²) in [6.45, 7) is 5.16. The third kappa shape index (κ3) is 2.58. The second-order valence-corrected chi connectivity index (χ2v) is 5.55. The highest BCUT2D eigenvalue weighted by atomic mass is 16.5. The number of ether oxygens (including phenoxy) is 1. The molecule has 2 aliphatic rings. The smallest absolute Gasteiger partial charge is 0.0635 e. The first kappa shape index (κ1) is 12.2. The van der Waals surface area contributed by atoms with Crippen molar-refractivity contribution in [3.8, 4) is 0 Å². The molecule has 2 bridgehead atoms. The van der Waals surface area contributed by atoms with Crippen LogP contribution in [0, 0.1) is 0 Å². The van der Waals surface area contributed by atoms with Crippen LogP contribution >= 0.6 is 0 Å². The van der Waals surface area contributed by atoms with Gasteiger partial charge in [-0.05, 0) is 25.6 Å². The molecule has 0 amide bonds. The van der Waals surface area contributed by atoms with E-state index in [1.54, 1.807) is 0 Å². The van der Waals surface area contributed by atoms with Gasteiger partial charge in [-0.1, -0.05) is 30.3 Å². The summed E-state index contributed by atoms with van der Waals surface area (Å²) < 4.78 is 5.76. The van der Waals surface area contributed by atoms with Crippen LogP contribution in [-0.4, -0.2) is 55.2 Å². The number of nitrogens with zero attached hydrogens (tertiary/aromatic N) is 2. The maximum Gasteiger partial charge on any atom is 0.0635 e. The number of likely N-dealkylation sites (N-methyl/N-ethyl adjacent to an activating group) is 1. The highest BCUT2D eigenvalue weighted by Crippen LogP contribution is 2.23. The molecule has 2 fully saturated rings. The largest absolute Gasteiger partial charge is 0.378 e. The van der Waals surface area contributed by atoms with E-state index in [1.807, 2.05) is 0 Å². The van der Waals surface area contributed by atoms with Crippen molar-refractivity contribution in [2.24, 2.45) is 0 Å². The Bertz CT molecular complexity index is 381. The normalized spacial score (nSPS) is 30.1. The van der Waals surface area contributed by atoms with E-state index in [-0.39, 0.29) is 0 Å². The lowest BCUT2D eigenvalue weighted by Crippen LogP contribution is -2.52. The van der Waals surface area contributed by atoms with Gasteiger partial charge < -0.3 is 9.64 Å². The zero-order chi connectivity index (χ0) is 12.4. The maximum atomic E-state index is 5.76. The molecular weight excluding hydrogens is 224 g/mol. The summed E-state index contributed by atoms with van der Waals surface area (Å²) in [6, 6.07) is 11.9. The van der Waals surface area contributed by atoms with E-state index in [4.69, 9.17) is 4.74 Å². The molecule has 3 rings (SSSR count). The van der Waals surface area contributed by atoms with Crippen LogP contribution in [0.15, 0.2) is 30.3 Å². The van der Waals surface area contributed by atoms with E-state index >= 15 is 0 Å². The summed E-state index contributed by atoms with van der Waals surface area (Å²) in [7, 11) is 2.22. The lowest BCUT2D eigenvalue weighted by atomic mass is 10.1. The molecule has 2 aliphatic heterocycles. The van der Waals surface area contributed by atoms with Crippen LogP contribution < -0.4 is 0 Å². The maximum absolute atomic E-state index is 5.76. The quantitative estimate of drug-likeness (QED) is 0.788. The Morgan fingerprint density at radius 1 is 1.17 bits per heavy atom. The molecular formula is C15H22N2O. The second kappa shape index (κ2) is 5.39.